The molecule has 3 nitrogen and oxygen atoms in total. The van der Waals surface area contributed by atoms with E-state index in [9.17, 15) is 0 Å². The smallest absolute Gasteiger partial charge is 0.0868 e. The van der Waals surface area contributed by atoms with Crippen LogP contribution in [0.1, 0.15) is 42.9 Å². The molecule has 0 radical (unpaired) electrons. The lowest BCUT2D eigenvalue weighted by Crippen LogP contribution is -2.33. The van der Waals surface area contributed by atoms with E-state index in [1.54, 1.807) is 7.11 Å². The van der Waals surface area contributed by atoms with Gasteiger partial charge in [0, 0.05) is 32.2 Å². The molecule has 0 amide bonds. The van der Waals surface area contributed by atoms with Gasteiger partial charge >= 0.3 is 0 Å². The minimum Gasteiger partial charge on any atom is -0.380 e. The molecule has 1 aromatic rings. The lowest BCUT2D eigenvalue weighted by molar-refractivity contribution is -0.0290. The normalized spacial score (nSPS) is 26.6. The molecule has 1 aliphatic carbocycles. The molecular formula is C17H25NO2. The van der Waals surface area contributed by atoms with Gasteiger partial charge in [-0.05, 0) is 36.8 Å². The quantitative estimate of drug-likeness (QED) is 0.865. The Balaban J connectivity index is 1.73. The standard InChI is InChI=1S/C17H25NO2/c1-19-12-14-5-2-3-7-16(14)17-13(6-4-10-20-17)11-18-15-8-9-15/h2-3,5,7,13,15,17-18H,4,6,8-12H2,1H3. The number of hydrogen-bond donors (Lipinski definition) is 1. The topological polar surface area (TPSA) is 30.5 Å². The number of benzene rings is 1. The summed E-state index contributed by atoms with van der Waals surface area (Å²) in [6.07, 6.45) is 5.35. The van der Waals surface area contributed by atoms with Crippen molar-refractivity contribution in [1.82, 2.24) is 5.32 Å². The van der Waals surface area contributed by atoms with Gasteiger partial charge in [0.2, 0.25) is 0 Å². The highest BCUT2D eigenvalue weighted by molar-refractivity contribution is 5.29. The third-order valence-corrected chi connectivity index (χ3v) is 4.35. The zero-order valence-electron chi connectivity index (χ0n) is 12.3. The Bertz CT molecular complexity index is 431. The summed E-state index contributed by atoms with van der Waals surface area (Å²) in [4.78, 5) is 0. The number of hydrogen-bond acceptors (Lipinski definition) is 3. The van der Waals surface area contributed by atoms with Crippen molar-refractivity contribution in [3.63, 3.8) is 0 Å². The number of methoxy groups -OCH3 is 1. The highest BCUT2D eigenvalue weighted by Gasteiger charge is 2.30. The van der Waals surface area contributed by atoms with Gasteiger partial charge in [0.1, 0.15) is 0 Å². The second kappa shape index (κ2) is 6.70. The van der Waals surface area contributed by atoms with Crippen LogP contribution in [0.25, 0.3) is 0 Å². The van der Waals surface area contributed by atoms with Crippen LogP contribution in [0.15, 0.2) is 24.3 Å². The SMILES string of the molecule is COCc1ccccc1C1OCCCC1CNC1CC1. The molecule has 1 heterocycles. The fourth-order valence-corrected chi connectivity index (χ4v) is 3.10. The van der Waals surface area contributed by atoms with Gasteiger partial charge in [0.25, 0.3) is 0 Å². The minimum absolute atomic E-state index is 0.223. The zero-order chi connectivity index (χ0) is 13.8. The largest absolute Gasteiger partial charge is 0.380 e. The van der Waals surface area contributed by atoms with Crippen molar-refractivity contribution in [2.24, 2.45) is 5.92 Å². The lowest BCUT2D eigenvalue weighted by atomic mass is 9.87. The van der Waals surface area contributed by atoms with E-state index in [1.165, 1.54) is 36.8 Å². The Labute approximate surface area is 121 Å². The Morgan fingerprint density at radius 3 is 2.90 bits per heavy atom. The average molecular weight is 275 g/mol. The van der Waals surface area contributed by atoms with E-state index < -0.39 is 0 Å². The Kier molecular flexibility index (Phi) is 4.71. The van der Waals surface area contributed by atoms with Crippen LogP contribution in [0.3, 0.4) is 0 Å². The molecule has 2 fully saturated rings. The summed E-state index contributed by atoms with van der Waals surface area (Å²) in [6.45, 7) is 2.63. The van der Waals surface area contributed by atoms with Crippen molar-refractivity contribution in [2.45, 2.75) is 44.4 Å². The maximum Gasteiger partial charge on any atom is 0.0868 e. The molecule has 3 heteroatoms. The molecule has 20 heavy (non-hydrogen) atoms. The predicted octanol–water partition coefficient (Wildman–Crippen LogP) is 3.05. The first-order valence-corrected chi connectivity index (χ1v) is 7.80. The highest BCUT2D eigenvalue weighted by Crippen LogP contribution is 2.35. The van der Waals surface area contributed by atoms with E-state index in [1.807, 2.05) is 0 Å². The summed E-state index contributed by atoms with van der Waals surface area (Å²) in [5, 5.41) is 3.67. The second-order valence-corrected chi connectivity index (χ2v) is 6.01. The summed E-state index contributed by atoms with van der Waals surface area (Å²) >= 11 is 0. The first-order valence-electron chi connectivity index (χ1n) is 7.80. The third-order valence-electron chi connectivity index (χ3n) is 4.35. The van der Waals surface area contributed by atoms with Crippen molar-refractivity contribution in [3.05, 3.63) is 35.4 Å². The summed E-state index contributed by atoms with van der Waals surface area (Å²) < 4.78 is 11.5. The van der Waals surface area contributed by atoms with E-state index in [4.69, 9.17) is 9.47 Å². The molecule has 1 N–H and O–H groups in total. The fraction of sp³-hybridized carbons (Fsp3) is 0.647. The first kappa shape index (κ1) is 14.1. The van der Waals surface area contributed by atoms with Gasteiger partial charge in [-0.1, -0.05) is 24.3 Å². The Morgan fingerprint density at radius 1 is 1.25 bits per heavy atom. The summed E-state index contributed by atoms with van der Waals surface area (Å²) in [7, 11) is 1.75. The van der Waals surface area contributed by atoms with Crippen LogP contribution < -0.4 is 5.32 Å². The predicted molar refractivity (Wildman–Crippen MR) is 79.6 cm³/mol. The summed E-state index contributed by atoms with van der Waals surface area (Å²) in [5.74, 6) is 0.586. The Morgan fingerprint density at radius 2 is 2.10 bits per heavy atom. The number of ether oxygens (including phenoxy) is 2. The molecule has 2 atom stereocenters. The van der Waals surface area contributed by atoms with Crippen LogP contribution in [0.2, 0.25) is 0 Å². The highest BCUT2D eigenvalue weighted by atomic mass is 16.5. The molecule has 0 aromatic heterocycles. The van der Waals surface area contributed by atoms with E-state index in [0.717, 1.165) is 19.2 Å². The van der Waals surface area contributed by atoms with E-state index in [2.05, 4.69) is 29.6 Å². The minimum atomic E-state index is 0.223. The van der Waals surface area contributed by atoms with E-state index in [-0.39, 0.29) is 6.10 Å². The molecule has 1 aliphatic heterocycles. The lowest BCUT2D eigenvalue weighted by Gasteiger charge is -2.33. The van der Waals surface area contributed by atoms with Crippen LogP contribution in [-0.2, 0) is 16.1 Å². The molecule has 0 spiro atoms. The van der Waals surface area contributed by atoms with Crippen molar-refractivity contribution in [3.8, 4) is 0 Å². The molecule has 3 rings (SSSR count). The summed E-state index contributed by atoms with van der Waals surface area (Å²) in [6, 6.07) is 9.32. The van der Waals surface area contributed by atoms with Crippen LogP contribution in [0.4, 0.5) is 0 Å². The number of rotatable bonds is 6. The molecule has 1 saturated carbocycles. The molecule has 0 bridgehead atoms. The fourth-order valence-electron chi connectivity index (χ4n) is 3.10. The molecule has 110 valence electrons. The van der Waals surface area contributed by atoms with Gasteiger partial charge in [-0.3, -0.25) is 0 Å². The average Bonchev–Trinajstić information content (AvgIpc) is 3.31. The van der Waals surface area contributed by atoms with Gasteiger partial charge in [-0.25, -0.2) is 0 Å². The Hall–Kier alpha value is -0.900. The monoisotopic (exact) mass is 275 g/mol. The van der Waals surface area contributed by atoms with Gasteiger partial charge in [0.15, 0.2) is 0 Å². The van der Waals surface area contributed by atoms with E-state index >= 15 is 0 Å². The van der Waals surface area contributed by atoms with Crippen LogP contribution in [0.5, 0.6) is 0 Å². The maximum atomic E-state index is 6.12. The van der Waals surface area contributed by atoms with Crippen molar-refractivity contribution < 1.29 is 9.47 Å². The molecule has 2 unspecified atom stereocenters. The van der Waals surface area contributed by atoms with Gasteiger partial charge < -0.3 is 14.8 Å². The van der Waals surface area contributed by atoms with Gasteiger partial charge in [0.05, 0.1) is 12.7 Å². The summed E-state index contributed by atoms with van der Waals surface area (Å²) in [5.41, 5.74) is 2.58. The van der Waals surface area contributed by atoms with Gasteiger partial charge in [-0.2, -0.15) is 0 Å². The second-order valence-electron chi connectivity index (χ2n) is 6.01. The van der Waals surface area contributed by atoms with Crippen LogP contribution >= 0.6 is 0 Å². The number of nitrogens with one attached hydrogen (secondary N) is 1. The van der Waals surface area contributed by atoms with Crippen molar-refractivity contribution in [2.75, 3.05) is 20.3 Å². The molecule has 1 aromatic carbocycles. The van der Waals surface area contributed by atoms with Crippen molar-refractivity contribution in [1.29, 1.82) is 0 Å². The third kappa shape index (κ3) is 3.40. The first-order chi connectivity index (χ1) is 9.88. The molecule has 2 aliphatic rings. The van der Waals surface area contributed by atoms with Gasteiger partial charge in [-0.15, -0.1) is 0 Å². The molecular weight excluding hydrogens is 250 g/mol. The zero-order valence-corrected chi connectivity index (χ0v) is 12.3. The van der Waals surface area contributed by atoms with Crippen LogP contribution in [-0.4, -0.2) is 26.3 Å². The van der Waals surface area contributed by atoms with E-state index in [0.29, 0.717) is 12.5 Å². The molecule has 1 saturated heterocycles. The van der Waals surface area contributed by atoms with Crippen LogP contribution in [0, 0.1) is 5.92 Å². The van der Waals surface area contributed by atoms with Crippen molar-refractivity contribution >= 4 is 0 Å². The maximum absolute atomic E-state index is 6.12.